The van der Waals surface area contributed by atoms with Crippen LogP contribution in [0.2, 0.25) is 0 Å². The van der Waals surface area contributed by atoms with Crippen molar-refractivity contribution in [3.8, 4) is 0 Å². The number of hydrogen-bond donors (Lipinski definition) is 1. The van der Waals surface area contributed by atoms with Crippen molar-refractivity contribution in [2.24, 2.45) is 0 Å². The molecule has 6 heteroatoms. The van der Waals surface area contributed by atoms with Gasteiger partial charge in [0.05, 0.1) is 0 Å². The number of nitrogens with zero attached hydrogens (tertiary/aromatic N) is 1. The molecule has 0 aromatic heterocycles. The van der Waals surface area contributed by atoms with E-state index < -0.39 is 12.8 Å². The molecule has 0 aliphatic rings. The van der Waals surface area contributed by atoms with Gasteiger partial charge in [0, 0.05) is 25.4 Å². The number of anilines is 1. The molecule has 2 N–H and O–H groups in total. The van der Waals surface area contributed by atoms with Gasteiger partial charge in [-0.3, -0.25) is 0 Å². The van der Waals surface area contributed by atoms with E-state index >= 15 is 0 Å². The van der Waals surface area contributed by atoms with E-state index in [0.717, 1.165) is 12.1 Å². The van der Waals surface area contributed by atoms with Crippen molar-refractivity contribution < 1.29 is 17.9 Å². The third-order valence-corrected chi connectivity index (χ3v) is 2.53. The van der Waals surface area contributed by atoms with Crippen LogP contribution in [0, 0.1) is 0 Å². The Bertz CT molecular complexity index is 365. The maximum absolute atomic E-state index is 11.8. The molecule has 0 aliphatic carbocycles. The number of benzene rings is 1. The monoisotopic (exact) mass is 276 g/mol. The third-order valence-electron chi connectivity index (χ3n) is 2.53. The van der Waals surface area contributed by atoms with Crippen LogP contribution in [-0.4, -0.2) is 37.9 Å². The highest BCUT2D eigenvalue weighted by atomic mass is 19.4. The second-order valence-corrected chi connectivity index (χ2v) is 4.50. The molecular weight excluding hydrogens is 257 g/mol. The first-order chi connectivity index (χ1) is 8.87. The Morgan fingerprint density at radius 2 is 1.84 bits per heavy atom. The van der Waals surface area contributed by atoms with Crippen LogP contribution in [0.15, 0.2) is 24.3 Å². The predicted molar refractivity (Wildman–Crippen MR) is 68.7 cm³/mol. The Labute approximate surface area is 111 Å². The fourth-order valence-electron chi connectivity index (χ4n) is 1.64. The second kappa shape index (κ2) is 7.35. The van der Waals surface area contributed by atoms with E-state index in [1.165, 1.54) is 0 Å². The lowest BCUT2D eigenvalue weighted by molar-refractivity contribution is -0.174. The zero-order valence-electron chi connectivity index (χ0n) is 10.9. The van der Waals surface area contributed by atoms with Gasteiger partial charge < -0.3 is 15.4 Å². The van der Waals surface area contributed by atoms with Crippen LogP contribution in [0.3, 0.4) is 0 Å². The average molecular weight is 276 g/mol. The number of rotatable bonds is 7. The van der Waals surface area contributed by atoms with Gasteiger partial charge >= 0.3 is 6.18 Å². The molecule has 1 aromatic rings. The Hall–Kier alpha value is -1.27. The summed E-state index contributed by atoms with van der Waals surface area (Å²) in [4.78, 5) is 2.03. The molecule has 108 valence electrons. The van der Waals surface area contributed by atoms with Crippen molar-refractivity contribution in [2.45, 2.75) is 19.1 Å². The normalized spacial score (nSPS) is 12.1. The molecule has 0 bridgehead atoms. The lowest BCUT2D eigenvalue weighted by Crippen LogP contribution is -2.22. The van der Waals surface area contributed by atoms with E-state index in [0.29, 0.717) is 18.7 Å². The number of nitrogen functional groups attached to an aromatic ring is 1. The molecule has 0 atom stereocenters. The summed E-state index contributed by atoms with van der Waals surface area (Å²) in [5.41, 5.74) is 7.42. The lowest BCUT2D eigenvalue weighted by Gasteiger charge is -2.17. The molecule has 0 heterocycles. The highest BCUT2D eigenvalue weighted by molar-refractivity contribution is 5.39. The molecule has 3 nitrogen and oxygen atoms in total. The number of hydrogen-bond acceptors (Lipinski definition) is 3. The molecule has 0 radical (unpaired) electrons. The SMILES string of the molecule is CN(CCCOCC(F)(F)F)Cc1ccc(N)cc1. The Balaban J connectivity index is 2.14. The molecule has 1 aromatic carbocycles. The molecule has 0 aliphatic heterocycles. The lowest BCUT2D eigenvalue weighted by atomic mass is 10.2. The highest BCUT2D eigenvalue weighted by Gasteiger charge is 2.27. The van der Waals surface area contributed by atoms with Crippen molar-refractivity contribution >= 4 is 5.69 Å². The number of alkyl halides is 3. The minimum atomic E-state index is -4.24. The Morgan fingerprint density at radius 3 is 2.42 bits per heavy atom. The molecule has 1 rings (SSSR count). The van der Waals surface area contributed by atoms with Crippen molar-refractivity contribution in [3.05, 3.63) is 29.8 Å². The van der Waals surface area contributed by atoms with Crippen LogP contribution in [0.4, 0.5) is 18.9 Å². The number of ether oxygens (including phenoxy) is 1. The van der Waals surface area contributed by atoms with Gasteiger partial charge in [0.25, 0.3) is 0 Å². The van der Waals surface area contributed by atoms with Crippen LogP contribution < -0.4 is 5.73 Å². The van der Waals surface area contributed by atoms with Gasteiger partial charge in [0.2, 0.25) is 0 Å². The van der Waals surface area contributed by atoms with Gasteiger partial charge in [-0.2, -0.15) is 13.2 Å². The summed E-state index contributed by atoms with van der Waals surface area (Å²) in [6.07, 6.45) is -3.67. The highest BCUT2D eigenvalue weighted by Crippen LogP contribution is 2.14. The van der Waals surface area contributed by atoms with Gasteiger partial charge in [0.1, 0.15) is 6.61 Å². The van der Waals surface area contributed by atoms with Crippen LogP contribution >= 0.6 is 0 Å². The van der Waals surface area contributed by atoms with Crippen LogP contribution in [0.25, 0.3) is 0 Å². The molecule has 0 saturated heterocycles. The van der Waals surface area contributed by atoms with E-state index in [-0.39, 0.29) is 6.61 Å². The third kappa shape index (κ3) is 7.69. The molecular formula is C13H19F3N2O. The van der Waals surface area contributed by atoms with Gasteiger partial charge in [-0.1, -0.05) is 12.1 Å². The van der Waals surface area contributed by atoms with Crippen molar-refractivity contribution in [2.75, 3.05) is 32.5 Å². The predicted octanol–water partition coefficient (Wildman–Crippen LogP) is 2.67. The Kier molecular flexibility index (Phi) is 6.11. The van der Waals surface area contributed by atoms with Crippen molar-refractivity contribution in [3.63, 3.8) is 0 Å². The zero-order valence-corrected chi connectivity index (χ0v) is 10.9. The summed E-state index contributed by atoms with van der Waals surface area (Å²) in [6.45, 7) is 0.363. The van der Waals surface area contributed by atoms with E-state index in [9.17, 15) is 13.2 Å². The van der Waals surface area contributed by atoms with Crippen molar-refractivity contribution in [1.82, 2.24) is 4.90 Å². The first kappa shape index (κ1) is 15.8. The molecule has 0 saturated carbocycles. The summed E-state index contributed by atoms with van der Waals surface area (Å²) in [7, 11) is 1.92. The fourth-order valence-corrected chi connectivity index (χ4v) is 1.64. The fraction of sp³-hybridized carbons (Fsp3) is 0.538. The molecule has 0 unspecified atom stereocenters. The first-order valence-corrected chi connectivity index (χ1v) is 6.04. The van der Waals surface area contributed by atoms with E-state index in [2.05, 4.69) is 4.74 Å². The van der Waals surface area contributed by atoms with Crippen molar-refractivity contribution in [1.29, 1.82) is 0 Å². The summed E-state index contributed by atoms with van der Waals surface area (Å²) >= 11 is 0. The van der Waals surface area contributed by atoms with E-state index in [1.54, 1.807) is 0 Å². The van der Waals surface area contributed by atoms with Gasteiger partial charge in [-0.15, -0.1) is 0 Å². The number of halogens is 3. The largest absolute Gasteiger partial charge is 0.411 e. The molecule has 19 heavy (non-hydrogen) atoms. The van der Waals surface area contributed by atoms with Gasteiger partial charge in [-0.25, -0.2) is 0 Å². The molecule has 0 spiro atoms. The molecule has 0 fully saturated rings. The maximum Gasteiger partial charge on any atom is 0.411 e. The average Bonchev–Trinajstić information content (AvgIpc) is 2.30. The number of nitrogens with two attached hydrogens (primary N) is 1. The van der Waals surface area contributed by atoms with Gasteiger partial charge in [-0.05, 0) is 31.2 Å². The second-order valence-electron chi connectivity index (χ2n) is 4.50. The minimum Gasteiger partial charge on any atom is -0.399 e. The van der Waals surface area contributed by atoms with Crippen LogP contribution in [0.1, 0.15) is 12.0 Å². The summed E-state index contributed by atoms with van der Waals surface area (Å²) in [5.74, 6) is 0. The van der Waals surface area contributed by atoms with Crippen LogP contribution in [0.5, 0.6) is 0 Å². The topological polar surface area (TPSA) is 38.5 Å². The van der Waals surface area contributed by atoms with Crippen LogP contribution in [-0.2, 0) is 11.3 Å². The maximum atomic E-state index is 11.8. The van der Waals surface area contributed by atoms with E-state index in [4.69, 9.17) is 5.73 Å². The van der Waals surface area contributed by atoms with E-state index in [1.807, 2.05) is 36.2 Å². The zero-order chi connectivity index (χ0) is 14.3. The quantitative estimate of drug-likeness (QED) is 0.614. The Morgan fingerprint density at radius 1 is 1.21 bits per heavy atom. The first-order valence-electron chi connectivity index (χ1n) is 6.04. The van der Waals surface area contributed by atoms with Gasteiger partial charge in [0.15, 0.2) is 0 Å². The summed E-state index contributed by atoms with van der Waals surface area (Å²) in [6, 6.07) is 7.53. The summed E-state index contributed by atoms with van der Waals surface area (Å²) < 4.78 is 40.0. The molecule has 0 amide bonds. The summed E-state index contributed by atoms with van der Waals surface area (Å²) in [5, 5.41) is 0. The minimum absolute atomic E-state index is 0.117. The standard InChI is InChI=1S/C13H19F3N2O/c1-18(7-2-8-19-10-13(14,15)16)9-11-3-5-12(17)6-4-11/h3-6H,2,7-10,17H2,1H3. The smallest absolute Gasteiger partial charge is 0.399 e.